The summed E-state index contributed by atoms with van der Waals surface area (Å²) in [6.07, 6.45) is 15.8. The fourth-order valence-corrected chi connectivity index (χ4v) is 12.6. The lowest BCUT2D eigenvalue weighted by atomic mass is 9.91. The molecular formula is C52H68N12O2. The molecule has 0 bridgehead atoms. The number of nitrogens with zero attached hydrogens (tertiary/aromatic N) is 12. The van der Waals surface area contributed by atoms with E-state index in [9.17, 15) is 10.2 Å². The summed E-state index contributed by atoms with van der Waals surface area (Å²) in [5, 5.41) is 20.9. The Hall–Kier alpha value is -4.96. The fourth-order valence-electron chi connectivity index (χ4n) is 12.6. The van der Waals surface area contributed by atoms with Crippen molar-refractivity contribution in [2.45, 2.75) is 115 Å². The van der Waals surface area contributed by atoms with Crippen LogP contribution >= 0.6 is 0 Å². The van der Waals surface area contributed by atoms with E-state index in [1.54, 1.807) is 0 Å². The number of aryl methyl sites for hydroxylation is 2. The molecule has 14 nitrogen and oxygen atoms in total. The highest BCUT2D eigenvalue weighted by Crippen LogP contribution is 2.36. The monoisotopic (exact) mass is 893 g/mol. The average molecular weight is 893 g/mol. The van der Waals surface area contributed by atoms with Gasteiger partial charge in [-0.25, -0.2) is 9.97 Å². The second-order valence-corrected chi connectivity index (χ2v) is 19.8. The lowest BCUT2D eigenvalue weighted by molar-refractivity contribution is 0.203. The Morgan fingerprint density at radius 3 is 1.47 bits per heavy atom. The van der Waals surface area contributed by atoms with Crippen molar-refractivity contribution in [3.63, 3.8) is 0 Å². The molecule has 2 aliphatic carbocycles. The highest BCUT2D eigenvalue weighted by molar-refractivity contribution is 5.57. The summed E-state index contributed by atoms with van der Waals surface area (Å²) < 4.78 is 4.39. The summed E-state index contributed by atoms with van der Waals surface area (Å²) in [6, 6.07) is 23.1. The summed E-state index contributed by atoms with van der Waals surface area (Å²) in [6.45, 7) is 10.3. The lowest BCUT2D eigenvalue weighted by Gasteiger charge is -2.39. The first-order chi connectivity index (χ1) is 32.4. The molecule has 4 saturated heterocycles. The largest absolute Gasteiger partial charge is 0.390 e. The number of aliphatic hydroxyl groups excluding tert-OH is 2. The smallest absolute Gasteiger partial charge is 0.138 e. The third-order valence-corrected chi connectivity index (χ3v) is 15.9. The second-order valence-electron chi connectivity index (χ2n) is 19.8. The van der Waals surface area contributed by atoms with Gasteiger partial charge in [0.2, 0.25) is 0 Å². The number of piperazine rings is 2. The van der Waals surface area contributed by atoms with Crippen molar-refractivity contribution in [3.8, 4) is 0 Å². The van der Waals surface area contributed by atoms with Crippen LogP contribution in [0, 0.1) is 0 Å². The normalized spacial score (nSPS) is 23.3. The molecule has 6 aromatic heterocycles. The van der Waals surface area contributed by atoms with Gasteiger partial charge in [0.1, 0.15) is 22.9 Å². The topological polar surface area (TPSA) is 120 Å². The number of fused-ring (bicyclic) bond motifs is 6. The Balaban J connectivity index is 0.000000146. The van der Waals surface area contributed by atoms with E-state index < -0.39 is 0 Å². The molecule has 0 amide bonds. The maximum Gasteiger partial charge on any atom is 0.138 e. The molecule has 0 radical (unpaired) electrons. The first-order valence-corrected chi connectivity index (χ1v) is 24.9. The summed E-state index contributed by atoms with van der Waals surface area (Å²) in [7, 11) is 4.33. The van der Waals surface area contributed by atoms with Crippen LogP contribution in [0.2, 0.25) is 0 Å². The van der Waals surface area contributed by atoms with E-state index in [4.69, 9.17) is 19.9 Å². The van der Waals surface area contributed by atoms with Gasteiger partial charge in [-0.1, -0.05) is 24.3 Å². The van der Waals surface area contributed by atoms with E-state index in [1.807, 2.05) is 24.5 Å². The maximum atomic E-state index is 10.4. The molecule has 2 N–H and O–H groups in total. The number of aliphatic hydroxyl groups is 2. The number of pyridine rings is 4. The van der Waals surface area contributed by atoms with E-state index in [0.29, 0.717) is 37.3 Å². The standard InChI is InChI=1S/2C26H34N6O/c2*1-29(22-9-2-6-19-7-4-12-27-26(19)22)17-21-23(18-33)32-24(28-21)10-3-11-25(32)31-15-14-30-13-5-8-20(30)16-31/h2*3-4,7,10-12,20,22,33H,2,5-6,8-9,13-18H2,1H3/t2*20?,22-/m00/s1. The van der Waals surface area contributed by atoms with Crippen LogP contribution in [0.15, 0.2) is 73.1 Å². The molecule has 0 aromatic carbocycles. The molecule has 66 heavy (non-hydrogen) atoms. The van der Waals surface area contributed by atoms with E-state index in [2.05, 4.69) is 101 Å². The minimum absolute atomic E-state index is 0.00967. The van der Waals surface area contributed by atoms with Crippen LogP contribution in [-0.4, -0.2) is 137 Å². The average Bonchev–Trinajstić information content (AvgIpc) is 4.18. The summed E-state index contributed by atoms with van der Waals surface area (Å²) >= 11 is 0. The number of imidazole rings is 2. The molecule has 4 fully saturated rings. The molecule has 0 saturated carbocycles. The zero-order valence-corrected chi connectivity index (χ0v) is 39.1. The van der Waals surface area contributed by atoms with Crippen molar-refractivity contribution in [1.29, 1.82) is 0 Å². The van der Waals surface area contributed by atoms with Crippen LogP contribution in [-0.2, 0) is 39.1 Å². The third kappa shape index (κ3) is 8.27. The Kier molecular flexibility index (Phi) is 12.5. The van der Waals surface area contributed by atoms with Crippen LogP contribution in [0.1, 0.15) is 109 Å². The number of aromatic nitrogens is 6. The third-order valence-electron chi connectivity index (χ3n) is 15.9. The van der Waals surface area contributed by atoms with Crippen molar-refractivity contribution in [1.82, 2.24) is 48.3 Å². The predicted molar refractivity (Wildman–Crippen MR) is 259 cm³/mol. The Morgan fingerprint density at radius 1 is 0.545 bits per heavy atom. The summed E-state index contributed by atoms with van der Waals surface area (Å²) in [5.74, 6) is 2.32. The number of hydrogen-bond donors (Lipinski definition) is 2. The first-order valence-electron chi connectivity index (χ1n) is 24.9. The molecule has 2 unspecified atom stereocenters. The second kappa shape index (κ2) is 19.0. The highest BCUT2D eigenvalue weighted by Gasteiger charge is 2.34. The van der Waals surface area contributed by atoms with Gasteiger partial charge in [-0.15, -0.1) is 0 Å². The molecular weight excluding hydrogens is 825 g/mol. The minimum Gasteiger partial charge on any atom is -0.390 e. The fraction of sp³-hybridized carbons (Fsp3) is 0.538. The van der Waals surface area contributed by atoms with Crippen molar-refractivity contribution < 1.29 is 10.2 Å². The van der Waals surface area contributed by atoms with Gasteiger partial charge in [-0.05, 0) is 139 Å². The number of anilines is 2. The zero-order valence-electron chi connectivity index (χ0n) is 39.1. The van der Waals surface area contributed by atoms with E-state index in [-0.39, 0.29) is 13.2 Å². The molecule has 12 rings (SSSR count). The van der Waals surface area contributed by atoms with Crippen LogP contribution in [0.4, 0.5) is 11.6 Å². The lowest BCUT2D eigenvalue weighted by Crippen LogP contribution is -2.50. The van der Waals surface area contributed by atoms with Gasteiger partial charge in [0.05, 0.1) is 59.5 Å². The van der Waals surface area contributed by atoms with Gasteiger partial charge in [0.15, 0.2) is 0 Å². The van der Waals surface area contributed by atoms with Crippen LogP contribution < -0.4 is 9.80 Å². The Morgan fingerprint density at radius 2 is 1.02 bits per heavy atom. The van der Waals surface area contributed by atoms with Gasteiger partial charge in [0, 0.05) is 76.8 Å². The van der Waals surface area contributed by atoms with Gasteiger partial charge in [-0.3, -0.25) is 38.4 Å². The van der Waals surface area contributed by atoms with Crippen molar-refractivity contribution in [3.05, 3.63) is 118 Å². The van der Waals surface area contributed by atoms with Gasteiger partial charge < -0.3 is 20.0 Å². The SMILES string of the molecule is CN(Cc1nc2cccc(N3CCN4CCCC4C3)n2c1CO)[C@H]1CCCc2cccnc21.CN(Cc1nc2cccc(N3CCN4CCCC4C3)n2c1CO)[C@H]1CCCc2cccnc21. The molecule has 10 heterocycles. The van der Waals surface area contributed by atoms with E-state index in [0.717, 1.165) is 111 Å². The van der Waals surface area contributed by atoms with Crippen molar-refractivity contribution >= 4 is 22.9 Å². The van der Waals surface area contributed by atoms with Crippen LogP contribution in [0.25, 0.3) is 11.3 Å². The molecule has 348 valence electrons. The summed E-state index contributed by atoms with van der Waals surface area (Å²) in [4.78, 5) is 34.4. The minimum atomic E-state index is -0.00967. The van der Waals surface area contributed by atoms with Gasteiger partial charge in [0.25, 0.3) is 0 Å². The Bertz CT molecular complexity index is 2470. The molecule has 6 aliphatic rings. The van der Waals surface area contributed by atoms with Crippen LogP contribution in [0.3, 0.4) is 0 Å². The zero-order chi connectivity index (χ0) is 44.7. The quantitative estimate of drug-likeness (QED) is 0.167. The van der Waals surface area contributed by atoms with Gasteiger partial charge in [-0.2, -0.15) is 0 Å². The first kappa shape index (κ1) is 43.6. The maximum absolute atomic E-state index is 10.4. The van der Waals surface area contributed by atoms with Crippen molar-refractivity contribution in [2.24, 2.45) is 0 Å². The predicted octanol–water partition coefficient (Wildman–Crippen LogP) is 6.03. The number of rotatable bonds is 10. The highest BCUT2D eigenvalue weighted by atomic mass is 16.3. The molecule has 14 heteroatoms. The van der Waals surface area contributed by atoms with E-state index in [1.165, 1.54) is 74.1 Å². The number of hydrogen-bond acceptors (Lipinski definition) is 12. The molecule has 4 atom stereocenters. The Labute approximate surface area is 389 Å². The van der Waals surface area contributed by atoms with E-state index >= 15 is 0 Å². The molecule has 0 spiro atoms. The molecule has 4 aliphatic heterocycles. The van der Waals surface area contributed by atoms with Crippen LogP contribution in [0.5, 0.6) is 0 Å². The summed E-state index contributed by atoms with van der Waals surface area (Å²) in [5.41, 5.74) is 10.8. The van der Waals surface area contributed by atoms with Gasteiger partial charge >= 0.3 is 0 Å². The van der Waals surface area contributed by atoms with Crippen molar-refractivity contribution in [2.75, 3.05) is 76.3 Å². The molecule has 6 aromatic rings.